The molecular weight excluding hydrogens is 731 g/mol. The van der Waals surface area contributed by atoms with Gasteiger partial charge in [-0.2, -0.15) is 0 Å². The lowest BCUT2D eigenvalue weighted by molar-refractivity contribution is 0.661. The molecule has 1 nitrogen and oxygen atoms in total. The molecule has 0 amide bonds. The van der Waals surface area contributed by atoms with Crippen molar-refractivity contribution in [3.05, 3.63) is 211 Å². The van der Waals surface area contributed by atoms with E-state index in [0.717, 1.165) is 0 Å². The van der Waals surface area contributed by atoms with Gasteiger partial charge in [-0.15, -0.1) is 0 Å². The van der Waals surface area contributed by atoms with Gasteiger partial charge in [0.1, 0.15) is 0 Å². The maximum Gasteiger partial charge on any atom is 0.0602 e. The second-order valence-electron chi connectivity index (χ2n) is 16.4. The molecule has 0 saturated carbocycles. The highest BCUT2D eigenvalue weighted by Crippen LogP contribution is 2.55. The summed E-state index contributed by atoms with van der Waals surface area (Å²) in [5, 5.41) is 7.67. The standard InChI is InChI=1S/C57H39NS/c1-57(2)48-25-13-12-24-46(48)56-41-19-7-6-18-40(41)47(35-49(56)57)36-28-30-37(31-29-36)54-42-20-8-10-22-44(42)55(45-23-11-9-21-43(45)54)38-32-33-51-53(34-38)59-52-27-15-14-26-50(52)58(51)39-16-4-3-5-17-39/h3-35H,1-2H3. The number of anilines is 3. The van der Waals surface area contributed by atoms with E-state index >= 15 is 0 Å². The molecule has 1 aliphatic heterocycles. The van der Waals surface area contributed by atoms with E-state index in [1.807, 2.05) is 11.8 Å². The van der Waals surface area contributed by atoms with Crippen LogP contribution >= 0.6 is 11.8 Å². The Kier molecular flexibility index (Phi) is 7.58. The number of hydrogen-bond acceptors (Lipinski definition) is 2. The quantitative estimate of drug-likeness (QED) is 0.164. The molecule has 0 aromatic heterocycles. The summed E-state index contributed by atoms with van der Waals surface area (Å²) < 4.78 is 0. The van der Waals surface area contributed by atoms with Crippen LogP contribution in [0, 0.1) is 0 Å². The molecule has 0 unspecified atom stereocenters. The van der Waals surface area contributed by atoms with E-state index in [2.05, 4.69) is 219 Å². The molecule has 0 fully saturated rings. The van der Waals surface area contributed by atoms with Crippen molar-refractivity contribution in [3.8, 4) is 44.5 Å². The molecule has 1 heterocycles. The van der Waals surface area contributed by atoms with Crippen LogP contribution in [0.25, 0.3) is 76.8 Å². The second kappa shape index (κ2) is 13.1. The van der Waals surface area contributed by atoms with Gasteiger partial charge < -0.3 is 4.90 Å². The van der Waals surface area contributed by atoms with Gasteiger partial charge in [0.25, 0.3) is 0 Å². The summed E-state index contributed by atoms with van der Waals surface area (Å²) in [6.45, 7) is 4.75. The fourth-order valence-corrected chi connectivity index (χ4v) is 11.2. The second-order valence-corrected chi connectivity index (χ2v) is 17.5. The largest absolute Gasteiger partial charge is 0.308 e. The summed E-state index contributed by atoms with van der Waals surface area (Å²) in [6, 6.07) is 74.3. The zero-order chi connectivity index (χ0) is 39.2. The van der Waals surface area contributed by atoms with E-state index < -0.39 is 0 Å². The Morgan fingerprint density at radius 2 is 0.864 bits per heavy atom. The predicted molar refractivity (Wildman–Crippen MR) is 252 cm³/mol. The molecule has 2 aliphatic rings. The van der Waals surface area contributed by atoms with E-state index in [-0.39, 0.29) is 5.41 Å². The first-order valence-corrected chi connectivity index (χ1v) is 21.3. The minimum Gasteiger partial charge on any atom is -0.308 e. The molecule has 0 atom stereocenters. The fourth-order valence-electron chi connectivity index (χ4n) is 10.1. The molecular formula is C57H39NS. The Hall–Kier alpha value is -6.87. The van der Waals surface area contributed by atoms with Crippen molar-refractivity contribution in [2.75, 3.05) is 4.90 Å². The number of fused-ring (bicyclic) bond motifs is 9. The third-order valence-electron chi connectivity index (χ3n) is 12.8. The maximum absolute atomic E-state index is 2.47. The van der Waals surface area contributed by atoms with Crippen molar-refractivity contribution in [3.63, 3.8) is 0 Å². The van der Waals surface area contributed by atoms with Crippen LogP contribution in [0.15, 0.2) is 210 Å². The minimum atomic E-state index is -0.0767. The Morgan fingerprint density at radius 1 is 0.356 bits per heavy atom. The average molecular weight is 770 g/mol. The van der Waals surface area contributed by atoms with Crippen molar-refractivity contribution in [1.29, 1.82) is 0 Å². The smallest absolute Gasteiger partial charge is 0.0602 e. The molecule has 10 aromatic rings. The zero-order valence-electron chi connectivity index (χ0n) is 32.9. The number of hydrogen-bond donors (Lipinski definition) is 0. The van der Waals surface area contributed by atoms with Crippen LogP contribution in [-0.2, 0) is 5.41 Å². The summed E-state index contributed by atoms with van der Waals surface area (Å²) in [5.74, 6) is 0. The van der Waals surface area contributed by atoms with E-state index in [9.17, 15) is 0 Å². The molecule has 59 heavy (non-hydrogen) atoms. The maximum atomic E-state index is 2.47. The topological polar surface area (TPSA) is 3.24 Å². The number of benzene rings is 10. The summed E-state index contributed by atoms with van der Waals surface area (Å²) in [6.07, 6.45) is 0. The highest BCUT2D eigenvalue weighted by molar-refractivity contribution is 7.99. The van der Waals surface area contributed by atoms with E-state index in [0.29, 0.717) is 0 Å². The molecule has 0 bridgehead atoms. The van der Waals surface area contributed by atoms with Crippen molar-refractivity contribution >= 4 is 61.1 Å². The number of nitrogens with zero attached hydrogens (tertiary/aromatic N) is 1. The monoisotopic (exact) mass is 769 g/mol. The molecule has 10 aromatic carbocycles. The first-order valence-electron chi connectivity index (χ1n) is 20.5. The van der Waals surface area contributed by atoms with Gasteiger partial charge in [-0.05, 0) is 130 Å². The molecule has 278 valence electrons. The molecule has 0 saturated heterocycles. The van der Waals surface area contributed by atoms with Crippen LogP contribution in [0.2, 0.25) is 0 Å². The summed E-state index contributed by atoms with van der Waals surface area (Å²) in [7, 11) is 0. The highest BCUT2D eigenvalue weighted by atomic mass is 32.2. The van der Waals surface area contributed by atoms with Crippen molar-refractivity contribution < 1.29 is 0 Å². The lowest BCUT2D eigenvalue weighted by atomic mass is 9.80. The Bertz CT molecular complexity index is 3270. The van der Waals surface area contributed by atoms with Gasteiger partial charge in [0, 0.05) is 20.9 Å². The van der Waals surface area contributed by atoms with Crippen molar-refractivity contribution in [1.82, 2.24) is 0 Å². The van der Waals surface area contributed by atoms with Gasteiger partial charge >= 0.3 is 0 Å². The third kappa shape index (κ3) is 5.13. The Morgan fingerprint density at radius 3 is 1.56 bits per heavy atom. The van der Waals surface area contributed by atoms with E-state index in [4.69, 9.17) is 0 Å². The molecule has 2 heteroatoms. The lowest BCUT2D eigenvalue weighted by Gasteiger charge is -2.33. The van der Waals surface area contributed by atoms with Crippen LogP contribution < -0.4 is 4.90 Å². The molecule has 0 radical (unpaired) electrons. The van der Waals surface area contributed by atoms with Crippen LogP contribution in [0.3, 0.4) is 0 Å². The van der Waals surface area contributed by atoms with E-state index in [1.165, 1.54) is 115 Å². The summed E-state index contributed by atoms with van der Waals surface area (Å²) in [5.41, 5.74) is 16.6. The summed E-state index contributed by atoms with van der Waals surface area (Å²) >= 11 is 1.86. The minimum absolute atomic E-state index is 0.0767. The highest BCUT2D eigenvalue weighted by Gasteiger charge is 2.37. The molecule has 1 aliphatic carbocycles. The van der Waals surface area contributed by atoms with Gasteiger partial charge in [-0.25, -0.2) is 0 Å². The third-order valence-corrected chi connectivity index (χ3v) is 13.9. The SMILES string of the molecule is CC1(C)c2ccccc2-c2c1cc(-c1ccc(-c3c4ccccc4c(-c4ccc5c(c4)Sc4ccccc4N5c4ccccc4)c4ccccc34)cc1)c1ccccc21. The van der Waals surface area contributed by atoms with Gasteiger partial charge in [0.15, 0.2) is 0 Å². The first-order chi connectivity index (χ1) is 29.0. The Balaban J connectivity index is 1.01. The lowest BCUT2D eigenvalue weighted by Crippen LogP contribution is -2.15. The van der Waals surface area contributed by atoms with Crippen molar-refractivity contribution in [2.45, 2.75) is 29.1 Å². The molecule has 0 spiro atoms. The van der Waals surface area contributed by atoms with Crippen LogP contribution in [0.4, 0.5) is 17.1 Å². The van der Waals surface area contributed by atoms with Crippen LogP contribution in [0.5, 0.6) is 0 Å². The van der Waals surface area contributed by atoms with Crippen molar-refractivity contribution in [2.24, 2.45) is 0 Å². The molecule has 0 N–H and O–H groups in total. The fraction of sp³-hybridized carbons (Fsp3) is 0.0526. The first kappa shape index (κ1) is 34.2. The molecule has 12 rings (SSSR count). The van der Waals surface area contributed by atoms with Gasteiger partial charge in [-0.1, -0.05) is 183 Å². The van der Waals surface area contributed by atoms with Gasteiger partial charge in [-0.3, -0.25) is 0 Å². The van der Waals surface area contributed by atoms with Crippen LogP contribution in [-0.4, -0.2) is 0 Å². The zero-order valence-corrected chi connectivity index (χ0v) is 33.7. The van der Waals surface area contributed by atoms with Crippen LogP contribution in [0.1, 0.15) is 25.0 Å². The average Bonchev–Trinajstić information content (AvgIpc) is 3.53. The number of rotatable bonds is 4. The van der Waals surface area contributed by atoms with E-state index in [1.54, 1.807) is 0 Å². The summed E-state index contributed by atoms with van der Waals surface area (Å²) in [4.78, 5) is 4.92. The Labute approximate surface area is 349 Å². The predicted octanol–water partition coefficient (Wildman–Crippen LogP) is 16.4. The number of para-hydroxylation sites is 2. The van der Waals surface area contributed by atoms with Gasteiger partial charge in [0.05, 0.1) is 11.4 Å². The normalized spacial score (nSPS) is 13.6. The van der Waals surface area contributed by atoms with Gasteiger partial charge in [0.2, 0.25) is 0 Å².